The van der Waals surface area contributed by atoms with Gasteiger partial charge < -0.3 is 0 Å². The fourth-order valence-electron chi connectivity index (χ4n) is 2.36. The molecule has 0 spiro atoms. The van der Waals surface area contributed by atoms with Gasteiger partial charge >= 0.3 is 0 Å². The summed E-state index contributed by atoms with van der Waals surface area (Å²) in [6.07, 6.45) is 0. The van der Waals surface area contributed by atoms with Crippen molar-refractivity contribution in [2.75, 3.05) is 0 Å². The van der Waals surface area contributed by atoms with E-state index in [0.717, 1.165) is 0 Å². The summed E-state index contributed by atoms with van der Waals surface area (Å²) in [6, 6.07) is 27.7. The van der Waals surface area contributed by atoms with E-state index in [1.54, 1.807) is 0 Å². The van der Waals surface area contributed by atoms with Crippen molar-refractivity contribution in [2.24, 2.45) is 0 Å². The Bertz CT molecular complexity index is 667. The van der Waals surface area contributed by atoms with Crippen LogP contribution < -0.4 is 0 Å². The molecule has 148 valence electrons. The Morgan fingerprint density at radius 2 is 0.815 bits per heavy atom. The maximum Gasteiger partial charge on any atom is -0.0149 e. The van der Waals surface area contributed by atoms with E-state index in [4.69, 9.17) is 0 Å². The lowest BCUT2D eigenvalue weighted by molar-refractivity contribution is 1.45. The summed E-state index contributed by atoms with van der Waals surface area (Å²) >= 11 is 0. The van der Waals surface area contributed by atoms with Crippen LogP contribution in [-0.2, 0) is 0 Å². The zero-order valence-corrected chi connectivity index (χ0v) is 19.0. The molecular formula is C27H40. The molecule has 0 bridgehead atoms. The van der Waals surface area contributed by atoms with E-state index in [0.29, 0.717) is 0 Å². The Labute approximate surface area is 169 Å². The summed E-state index contributed by atoms with van der Waals surface area (Å²) in [5.41, 5.74) is 6.43. The van der Waals surface area contributed by atoms with Crippen LogP contribution in [0.15, 0.2) is 78.9 Å². The monoisotopic (exact) mass is 364 g/mol. The van der Waals surface area contributed by atoms with Crippen molar-refractivity contribution in [2.45, 2.75) is 62.3 Å². The van der Waals surface area contributed by atoms with Crippen LogP contribution in [0.25, 0.3) is 22.3 Å². The number of hydrogen-bond donors (Lipinski definition) is 0. The van der Waals surface area contributed by atoms with Crippen molar-refractivity contribution in [1.29, 1.82) is 0 Å². The standard InChI is InChI=1S/C19H16.4C2H6/c1-15-12-13-18(16-8-4-2-5-9-16)14-19(15)17-10-6-3-7-11-17;4*1-2/h2-14H,1H3;4*1-2H3. The summed E-state index contributed by atoms with van der Waals surface area (Å²) in [5.74, 6) is 0. The molecule has 0 heterocycles. The summed E-state index contributed by atoms with van der Waals surface area (Å²) < 4.78 is 0. The zero-order chi connectivity index (χ0) is 21.1. The van der Waals surface area contributed by atoms with Crippen LogP contribution >= 0.6 is 0 Å². The SMILES string of the molecule is CC.CC.CC.CC.Cc1ccc(-c2ccccc2)cc1-c1ccccc1. The predicted molar refractivity (Wildman–Crippen MR) is 127 cm³/mol. The minimum absolute atomic E-state index is 1.26. The molecule has 3 aromatic rings. The maximum absolute atomic E-state index is 2.28. The van der Waals surface area contributed by atoms with E-state index in [2.05, 4.69) is 85.8 Å². The molecular weight excluding hydrogens is 324 g/mol. The summed E-state index contributed by atoms with van der Waals surface area (Å²) in [6.45, 7) is 18.2. The van der Waals surface area contributed by atoms with E-state index in [1.807, 2.05) is 55.4 Å². The molecule has 0 atom stereocenters. The highest BCUT2D eigenvalue weighted by molar-refractivity contribution is 5.75. The number of benzene rings is 3. The molecule has 0 saturated carbocycles. The topological polar surface area (TPSA) is 0 Å². The van der Waals surface area contributed by atoms with Gasteiger partial charge in [0.1, 0.15) is 0 Å². The summed E-state index contributed by atoms with van der Waals surface area (Å²) in [5, 5.41) is 0. The van der Waals surface area contributed by atoms with Crippen molar-refractivity contribution in [3.05, 3.63) is 84.4 Å². The highest BCUT2D eigenvalue weighted by atomic mass is 14.1. The molecule has 27 heavy (non-hydrogen) atoms. The number of hydrogen-bond acceptors (Lipinski definition) is 0. The van der Waals surface area contributed by atoms with Gasteiger partial charge in [0.2, 0.25) is 0 Å². The molecule has 0 N–H and O–H groups in total. The molecule has 3 aromatic carbocycles. The zero-order valence-electron chi connectivity index (χ0n) is 19.0. The Morgan fingerprint density at radius 3 is 1.26 bits per heavy atom. The molecule has 0 aromatic heterocycles. The van der Waals surface area contributed by atoms with Crippen molar-refractivity contribution in [3.63, 3.8) is 0 Å². The van der Waals surface area contributed by atoms with Crippen LogP contribution in [0.4, 0.5) is 0 Å². The number of rotatable bonds is 2. The molecule has 0 amide bonds. The lowest BCUT2D eigenvalue weighted by atomic mass is 9.95. The minimum Gasteiger partial charge on any atom is -0.0683 e. The molecule has 0 aliphatic heterocycles. The second kappa shape index (κ2) is 18.5. The van der Waals surface area contributed by atoms with Crippen LogP contribution in [-0.4, -0.2) is 0 Å². The normalized spacial score (nSPS) is 8.19. The second-order valence-electron chi connectivity index (χ2n) is 4.76. The first-order valence-electron chi connectivity index (χ1n) is 10.6. The van der Waals surface area contributed by atoms with Gasteiger partial charge in [-0.3, -0.25) is 0 Å². The minimum atomic E-state index is 1.26. The lowest BCUT2D eigenvalue weighted by Gasteiger charge is -2.09. The molecule has 0 nitrogen and oxygen atoms in total. The highest BCUT2D eigenvalue weighted by Gasteiger charge is 2.04. The van der Waals surface area contributed by atoms with E-state index in [1.165, 1.54) is 27.8 Å². The fraction of sp³-hybridized carbons (Fsp3) is 0.333. The average molecular weight is 365 g/mol. The molecule has 0 radical (unpaired) electrons. The molecule has 0 aliphatic rings. The van der Waals surface area contributed by atoms with Crippen molar-refractivity contribution in [3.8, 4) is 22.3 Å². The van der Waals surface area contributed by atoms with Gasteiger partial charge in [-0.1, -0.05) is 128 Å². The first-order valence-corrected chi connectivity index (χ1v) is 10.6. The van der Waals surface area contributed by atoms with E-state index < -0.39 is 0 Å². The van der Waals surface area contributed by atoms with Gasteiger partial charge in [0.15, 0.2) is 0 Å². The van der Waals surface area contributed by atoms with Crippen LogP contribution in [0, 0.1) is 6.92 Å². The largest absolute Gasteiger partial charge is 0.0683 e. The fourth-order valence-corrected chi connectivity index (χ4v) is 2.36. The Balaban J connectivity index is 0. The van der Waals surface area contributed by atoms with Gasteiger partial charge in [-0.2, -0.15) is 0 Å². The van der Waals surface area contributed by atoms with Gasteiger partial charge in [-0.15, -0.1) is 0 Å². The molecule has 0 saturated heterocycles. The smallest absolute Gasteiger partial charge is 0.0149 e. The summed E-state index contributed by atoms with van der Waals surface area (Å²) in [4.78, 5) is 0. The third-order valence-electron chi connectivity index (χ3n) is 3.43. The van der Waals surface area contributed by atoms with Gasteiger partial charge in [0.25, 0.3) is 0 Å². The predicted octanol–water partition coefficient (Wildman–Crippen LogP) is 9.43. The molecule has 0 unspecified atom stereocenters. The van der Waals surface area contributed by atoms with Crippen LogP contribution in [0.3, 0.4) is 0 Å². The quantitative estimate of drug-likeness (QED) is 0.424. The first-order chi connectivity index (χ1) is 13.3. The second-order valence-corrected chi connectivity index (χ2v) is 4.76. The van der Waals surface area contributed by atoms with Crippen LogP contribution in [0.2, 0.25) is 0 Å². The van der Waals surface area contributed by atoms with Crippen molar-refractivity contribution >= 4 is 0 Å². The molecule has 0 aliphatic carbocycles. The van der Waals surface area contributed by atoms with E-state index in [9.17, 15) is 0 Å². The average Bonchev–Trinajstić information content (AvgIpc) is 2.81. The maximum atomic E-state index is 2.28. The number of aryl methyl sites for hydroxylation is 1. The lowest BCUT2D eigenvalue weighted by Crippen LogP contribution is -1.85. The molecule has 0 fully saturated rings. The van der Waals surface area contributed by atoms with Gasteiger partial charge in [0.05, 0.1) is 0 Å². The van der Waals surface area contributed by atoms with Gasteiger partial charge in [-0.25, -0.2) is 0 Å². The van der Waals surface area contributed by atoms with Gasteiger partial charge in [-0.05, 0) is 40.8 Å². The Kier molecular flexibility index (Phi) is 18.4. The van der Waals surface area contributed by atoms with Crippen LogP contribution in [0.5, 0.6) is 0 Å². The van der Waals surface area contributed by atoms with E-state index in [-0.39, 0.29) is 0 Å². The first kappa shape index (κ1) is 26.9. The van der Waals surface area contributed by atoms with Crippen LogP contribution in [0.1, 0.15) is 61.0 Å². The van der Waals surface area contributed by atoms with E-state index >= 15 is 0 Å². The molecule has 0 heteroatoms. The summed E-state index contributed by atoms with van der Waals surface area (Å²) in [7, 11) is 0. The Morgan fingerprint density at radius 1 is 0.407 bits per heavy atom. The Hall–Kier alpha value is -2.34. The van der Waals surface area contributed by atoms with Crippen molar-refractivity contribution in [1.82, 2.24) is 0 Å². The van der Waals surface area contributed by atoms with Gasteiger partial charge in [0, 0.05) is 0 Å². The third kappa shape index (κ3) is 9.24. The highest BCUT2D eigenvalue weighted by Crippen LogP contribution is 2.29. The molecule has 3 rings (SSSR count). The van der Waals surface area contributed by atoms with Crippen molar-refractivity contribution < 1.29 is 0 Å². The third-order valence-corrected chi connectivity index (χ3v) is 3.43.